The topological polar surface area (TPSA) is 81.1 Å². The summed E-state index contributed by atoms with van der Waals surface area (Å²) in [5.41, 5.74) is 0.430. The van der Waals surface area contributed by atoms with Crippen molar-refractivity contribution in [1.82, 2.24) is 25.6 Å². The van der Waals surface area contributed by atoms with E-state index in [4.69, 9.17) is 4.74 Å². The standard InChI is InChI=1S/C13H23N5O2/c1-13(2,3)20-12(19)15-8-6-5-7-14-9-11-10-18(4)17-16-11/h5-6,10,14H,7-9H2,1-4H3,(H,15,19)/b6-5+. The predicted octanol–water partition coefficient (Wildman–Crippen LogP) is 0.986. The number of alkyl carbamates (subject to hydrolysis) is 1. The highest BCUT2D eigenvalue weighted by atomic mass is 16.6. The zero-order chi connectivity index (χ0) is 15.0. The monoisotopic (exact) mass is 281 g/mol. The smallest absolute Gasteiger partial charge is 0.407 e. The molecule has 0 saturated heterocycles. The molecule has 1 rings (SSSR count). The lowest BCUT2D eigenvalue weighted by Crippen LogP contribution is -2.32. The number of nitrogens with one attached hydrogen (secondary N) is 2. The van der Waals surface area contributed by atoms with Gasteiger partial charge in [0, 0.05) is 32.9 Å². The molecule has 1 heterocycles. The van der Waals surface area contributed by atoms with E-state index in [1.165, 1.54) is 0 Å². The van der Waals surface area contributed by atoms with Crippen LogP contribution in [0.1, 0.15) is 26.5 Å². The molecule has 0 aliphatic carbocycles. The van der Waals surface area contributed by atoms with Gasteiger partial charge in [-0.3, -0.25) is 4.68 Å². The number of hydrogen-bond donors (Lipinski definition) is 2. The molecular weight excluding hydrogens is 258 g/mol. The summed E-state index contributed by atoms with van der Waals surface area (Å²) in [5.74, 6) is 0. The fourth-order valence-corrected chi connectivity index (χ4v) is 1.38. The maximum absolute atomic E-state index is 11.3. The molecule has 2 N–H and O–H groups in total. The average Bonchev–Trinajstić information content (AvgIpc) is 2.71. The van der Waals surface area contributed by atoms with Crippen LogP contribution in [0.15, 0.2) is 18.3 Å². The largest absolute Gasteiger partial charge is 0.444 e. The van der Waals surface area contributed by atoms with Gasteiger partial charge in [-0.1, -0.05) is 17.4 Å². The maximum atomic E-state index is 11.3. The quantitative estimate of drug-likeness (QED) is 0.600. The van der Waals surface area contributed by atoms with E-state index in [0.29, 0.717) is 19.6 Å². The molecular formula is C13H23N5O2. The van der Waals surface area contributed by atoms with Gasteiger partial charge in [-0.15, -0.1) is 5.10 Å². The molecule has 0 radical (unpaired) electrons. The molecule has 0 aromatic carbocycles. The van der Waals surface area contributed by atoms with Crippen LogP contribution in [0.4, 0.5) is 4.79 Å². The molecule has 0 unspecified atom stereocenters. The number of carbonyl (C=O) groups excluding carboxylic acids is 1. The van der Waals surface area contributed by atoms with Crippen molar-refractivity contribution in [3.05, 3.63) is 24.0 Å². The summed E-state index contributed by atoms with van der Waals surface area (Å²) in [6.45, 7) is 7.31. The van der Waals surface area contributed by atoms with Crippen molar-refractivity contribution in [2.45, 2.75) is 32.9 Å². The van der Waals surface area contributed by atoms with Crippen molar-refractivity contribution in [3.63, 3.8) is 0 Å². The molecule has 0 aliphatic heterocycles. The Labute approximate surface area is 119 Å². The number of aryl methyl sites for hydroxylation is 1. The normalized spacial score (nSPS) is 11.8. The van der Waals surface area contributed by atoms with Crippen LogP contribution in [0.5, 0.6) is 0 Å². The number of hydrogen-bond acceptors (Lipinski definition) is 5. The van der Waals surface area contributed by atoms with Crippen molar-refractivity contribution in [2.75, 3.05) is 13.1 Å². The molecule has 0 aliphatic rings. The molecule has 1 aromatic rings. The summed E-state index contributed by atoms with van der Waals surface area (Å²) in [7, 11) is 1.83. The highest BCUT2D eigenvalue weighted by Crippen LogP contribution is 2.05. The fraction of sp³-hybridized carbons (Fsp3) is 0.615. The van der Waals surface area contributed by atoms with Crippen molar-refractivity contribution < 1.29 is 9.53 Å². The molecule has 20 heavy (non-hydrogen) atoms. The zero-order valence-electron chi connectivity index (χ0n) is 12.5. The third-order valence-corrected chi connectivity index (χ3v) is 2.15. The maximum Gasteiger partial charge on any atom is 0.407 e. The molecule has 0 bridgehead atoms. The van der Waals surface area contributed by atoms with Crippen molar-refractivity contribution in [3.8, 4) is 0 Å². The van der Waals surface area contributed by atoms with Crippen molar-refractivity contribution >= 4 is 6.09 Å². The van der Waals surface area contributed by atoms with Crippen LogP contribution >= 0.6 is 0 Å². The first-order valence-corrected chi connectivity index (χ1v) is 6.54. The van der Waals surface area contributed by atoms with E-state index in [1.807, 2.05) is 46.2 Å². The van der Waals surface area contributed by atoms with Gasteiger partial charge in [-0.25, -0.2) is 4.79 Å². The second-order valence-corrected chi connectivity index (χ2v) is 5.37. The van der Waals surface area contributed by atoms with Gasteiger partial charge in [0.05, 0.1) is 5.69 Å². The van der Waals surface area contributed by atoms with Gasteiger partial charge in [0.2, 0.25) is 0 Å². The second-order valence-electron chi connectivity index (χ2n) is 5.37. The number of rotatable bonds is 6. The number of amides is 1. The third-order valence-electron chi connectivity index (χ3n) is 2.15. The Balaban J connectivity index is 2.06. The van der Waals surface area contributed by atoms with E-state index >= 15 is 0 Å². The van der Waals surface area contributed by atoms with E-state index < -0.39 is 11.7 Å². The van der Waals surface area contributed by atoms with Gasteiger partial charge < -0.3 is 15.4 Å². The molecule has 112 valence electrons. The Morgan fingerprint density at radius 3 is 2.70 bits per heavy atom. The lowest BCUT2D eigenvalue weighted by molar-refractivity contribution is 0.0534. The first-order chi connectivity index (χ1) is 9.37. The van der Waals surface area contributed by atoms with Gasteiger partial charge in [0.1, 0.15) is 5.60 Å². The molecule has 7 nitrogen and oxygen atoms in total. The van der Waals surface area contributed by atoms with E-state index in [-0.39, 0.29) is 0 Å². The molecule has 0 spiro atoms. The van der Waals surface area contributed by atoms with Crippen LogP contribution in [0.3, 0.4) is 0 Å². The van der Waals surface area contributed by atoms with Crippen molar-refractivity contribution in [2.24, 2.45) is 7.05 Å². The Morgan fingerprint density at radius 2 is 2.10 bits per heavy atom. The van der Waals surface area contributed by atoms with E-state index in [2.05, 4.69) is 20.9 Å². The Kier molecular flexibility index (Phi) is 6.17. The average molecular weight is 281 g/mol. The zero-order valence-corrected chi connectivity index (χ0v) is 12.5. The van der Waals surface area contributed by atoms with Gasteiger partial charge >= 0.3 is 6.09 Å². The van der Waals surface area contributed by atoms with Gasteiger partial charge in [0.25, 0.3) is 0 Å². The molecule has 1 amide bonds. The lowest BCUT2D eigenvalue weighted by Gasteiger charge is -2.19. The van der Waals surface area contributed by atoms with Crippen LogP contribution in [0.25, 0.3) is 0 Å². The predicted molar refractivity (Wildman–Crippen MR) is 76.1 cm³/mol. The van der Waals surface area contributed by atoms with Crippen LogP contribution in [-0.2, 0) is 18.3 Å². The van der Waals surface area contributed by atoms with Crippen LogP contribution in [-0.4, -0.2) is 39.8 Å². The molecule has 0 atom stereocenters. The fourth-order valence-electron chi connectivity index (χ4n) is 1.38. The van der Waals surface area contributed by atoms with E-state index in [0.717, 1.165) is 5.69 Å². The first kappa shape index (κ1) is 16.2. The van der Waals surface area contributed by atoms with Gasteiger partial charge in [-0.2, -0.15) is 0 Å². The Morgan fingerprint density at radius 1 is 1.40 bits per heavy atom. The summed E-state index contributed by atoms with van der Waals surface area (Å²) in [5, 5.41) is 13.6. The lowest BCUT2D eigenvalue weighted by atomic mass is 10.2. The minimum Gasteiger partial charge on any atom is -0.444 e. The van der Waals surface area contributed by atoms with Crippen LogP contribution in [0.2, 0.25) is 0 Å². The van der Waals surface area contributed by atoms with E-state index in [9.17, 15) is 4.79 Å². The first-order valence-electron chi connectivity index (χ1n) is 6.54. The van der Waals surface area contributed by atoms with Gasteiger partial charge in [-0.05, 0) is 20.8 Å². The Hall–Kier alpha value is -1.89. The highest BCUT2D eigenvalue weighted by molar-refractivity contribution is 5.67. The van der Waals surface area contributed by atoms with E-state index in [1.54, 1.807) is 4.68 Å². The molecule has 7 heteroatoms. The Bertz CT molecular complexity index is 448. The number of carbonyl (C=O) groups is 1. The number of ether oxygens (including phenoxy) is 1. The number of aromatic nitrogens is 3. The van der Waals surface area contributed by atoms with Crippen LogP contribution < -0.4 is 10.6 Å². The summed E-state index contributed by atoms with van der Waals surface area (Å²) in [4.78, 5) is 11.3. The highest BCUT2D eigenvalue weighted by Gasteiger charge is 2.14. The molecule has 1 aromatic heterocycles. The second kappa shape index (κ2) is 7.64. The summed E-state index contributed by atoms with van der Waals surface area (Å²) in [6, 6.07) is 0. The van der Waals surface area contributed by atoms with Crippen molar-refractivity contribution in [1.29, 1.82) is 0 Å². The minimum absolute atomic E-state index is 0.408. The SMILES string of the molecule is Cn1cc(CNC/C=C/CNC(=O)OC(C)(C)C)nn1. The van der Waals surface area contributed by atoms with Crippen LogP contribution in [0, 0.1) is 0 Å². The molecule has 0 fully saturated rings. The minimum atomic E-state index is -0.466. The summed E-state index contributed by atoms with van der Waals surface area (Å²) < 4.78 is 6.77. The summed E-state index contributed by atoms with van der Waals surface area (Å²) >= 11 is 0. The third kappa shape index (κ3) is 7.52. The summed E-state index contributed by atoms with van der Waals surface area (Å²) in [6.07, 6.45) is 5.26. The number of nitrogens with zero attached hydrogens (tertiary/aromatic N) is 3. The molecule has 0 saturated carbocycles. The van der Waals surface area contributed by atoms with Gasteiger partial charge in [0.15, 0.2) is 0 Å².